The van der Waals surface area contributed by atoms with Crippen molar-refractivity contribution in [2.24, 2.45) is 5.92 Å². The third-order valence-corrected chi connectivity index (χ3v) is 3.58. The number of hydrogen-bond acceptors (Lipinski definition) is 4. The monoisotopic (exact) mass is 385 g/mol. The van der Waals surface area contributed by atoms with E-state index in [1.165, 1.54) is 6.92 Å². The van der Waals surface area contributed by atoms with Crippen molar-refractivity contribution >= 4 is 40.5 Å². The zero-order valence-corrected chi connectivity index (χ0v) is 16.4. The molecule has 0 spiro atoms. The summed E-state index contributed by atoms with van der Waals surface area (Å²) in [6, 6.07) is 14.1. The molecule has 142 valence electrons. The summed E-state index contributed by atoms with van der Waals surface area (Å²) in [5.41, 5.74) is 1.69. The Bertz CT molecular complexity index is 837. The van der Waals surface area contributed by atoms with Crippen LogP contribution in [-0.2, 0) is 4.79 Å². The van der Waals surface area contributed by atoms with Crippen LogP contribution >= 0.6 is 12.2 Å². The van der Waals surface area contributed by atoms with E-state index in [1.54, 1.807) is 42.5 Å². The maximum Gasteiger partial charge on any atom is 0.261 e. The summed E-state index contributed by atoms with van der Waals surface area (Å²) in [6.07, 6.45) is 0. The predicted molar refractivity (Wildman–Crippen MR) is 111 cm³/mol. The van der Waals surface area contributed by atoms with Gasteiger partial charge in [0.2, 0.25) is 5.91 Å². The van der Waals surface area contributed by atoms with Crippen molar-refractivity contribution in [1.82, 2.24) is 5.32 Å². The zero-order valence-electron chi connectivity index (χ0n) is 15.5. The van der Waals surface area contributed by atoms with Crippen LogP contribution in [0.15, 0.2) is 48.5 Å². The van der Waals surface area contributed by atoms with Gasteiger partial charge in [-0.15, -0.1) is 0 Å². The molecule has 0 saturated carbocycles. The summed E-state index contributed by atoms with van der Waals surface area (Å²) in [5.74, 6) is 0.338. The van der Waals surface area contributed by atoms with Gasteiger partial charge in [0, 0.05) is 18.3 Å². The molecule has 0 bridgehead atoms. The molecule has 0 unspecified atom stereocenters. The van der Waals surface area contributed by atoms with E-state index in [0.29, 0.717) is 35.2 Å². The highest BCUT2D eigenvalue weighted by Gasteiger charge is 2.14. The number of nitrogens with one attached hydrogen (secondary N) is 3. The number of rotatable bonds is 6. The first-order valence-electron chi connectivity index (χ1n) is 8.57. The number of para-hydroxylation sites is 1. The molecule has 0 heterocycles. The summed E-state index contributed by atoms with van der Waals surface area (Å²) in [7, 11) is 0. The molecule has 2 aromatic carbocycles. The van der Waals surface area contributed by atoms with Gasteiger partial charge in [-0.3, -0.25) is 14.9 Å². The average Bonchev–Trinajstić information content (AvgIpc) is 2.59. The molecule has 0 aliphatic carbocycles. The second-order valence-corrected chi connectivity index (χ2v) is 6.78. The van der Waals surface area contributed by atoms with Crippen molar-refractivity contribution in [2.75, 3.05) is 17.2 Å². The van der Waals surface area contributed by atoms with Gasteiger partial charge in [-0.25, -0.2) is 0 Å². The van der Waals surface area contributed by atoms with Crippen LogP contribution in [0.25, 0.3) is 0 Å². The predicted octanol–water partition coefficient (Wildman–Crippen LogP) is 3.81. The molecule has 0 fully saturated rings. The zero-order chi connectivity index (χ0) is 19.8. The van der Waals surface area contributed by atoms with Gasteiger partial charge < -0.3 is 15.4 Å². The first kappa shape index (κ1) is 20.4. The van der Waals surface area contributed by atoms with Crippen molar-refractivity contribution in [1.29, 1.82) is 0 Å². The lowest BCUT2D eigenvalue weighted by molar-refractivity contribution is -0.114. The number of anilines is 2. The molecule has 2 amide bonds. The maximum absolute atomic E-state index is 12.5. The fourth-order valence-electron chi connectivity index (χ4n) is 2.25. The van der Waals surface area contributed by atoms with Gasteiger partial charge in [0.25, 0.3) is 5.91 Å². The first-order chi connectivity index (χ1) is 12.8. The molecule has 27 heavy (non-hydrogen) atoms. The maximum atomic E-state index is 12.5. The molecule has 7 heteroatoms. The van der Waals surface area contributed by atoms with Crippen molar-refractivity contribution in [3.05, 3.63) is 54.1 Å². The number of hydrogen-bond donors (Lipinski definition) is 3. The van der Waals surface area contributed by atoms with Gasteiger partial charge >= 0.3 is 0 Å². The molecule has 0 radical (unpaired) electrons. The summed E-state index contributed by atoms with van der Waals surface area (Å²) in [4.78, 5) is 23.7. The Kier molecular flexibility index (Phi) is 7.31. The highest BCUT2D eigenvalue weighted by molar-refractivity contribution is 7.80. The number of amides is 2. The van der Waals surface area contributed by atoms with E-state index in [9.17, 15) is 9.59 Å². The second kappa shape index (κ2) is 9.68. The lowest BCUT2D eigenvalue weighted by Crippen LogP contribution is -2.34. The summed E-state index contributed by atoms with van der Waals surface area (Å²) in [6.45, 7) is 6.03. The van der Waals surface area contributed by atoms with Gasteiger partial charge in [0.1, 0.15) is 5.75 Å². The summed E-state index contributed by atoms with van der Waals surface area (Å²) < 4.78 is 5.71. The number of carbonyl (C=O) groups excluding carboxylic acids is 2. The van der Waals surface area contributed by atoms with Gasteiger partial charge in [-0.05, 0) is 48.5 Å². The quantitative estimate of drug-likeness (QED) is 0.659. The molecular formula is C20H23N3O3S. The minimum Gasteiger partial charge on any atom is -0.492 e. The molecular weight excluding hydrogens is 362 g/mol. The third kappa shape index (κ3) is 6.71. The molecule has 3 N–H and O–H groups in total. The molecule has 2 rings (SSSR count). The number of benzene rings is 2. The third-order valence-electron chi connectivity index (χ3n) is 3.37. The largest absolute Gasteiger partial charge is 0.492 e. The minimum absolute atomic E-state index is 0.152. The van der Waals surface area contributed by atoms with E-state index in [2.05, 4.69) is 16.0 Å². The Morgan fingerprint density at radius 1 is 1.04 bits per heavy atom. The van der Waals surface area contributed by atoms with Gasteiger partial charge in [-0.1, -0.05) is 32.0 Å². The van der Waals surface area contributed by atoms with Gasteiger partial charge in [0.05, 0.1) is 12.2 Å². The highest BCUT2D eigenvalue weighted by atomic mass is 32.1. The van der Waals surface area contributed by atoms with Crippen LogP contribution in [-0.4, -0.2) is 23.5 Å². The fourth-order valence-corrected chi connectivity index (χ4v) is 2.46. The molecule has 0 aromatic heterocycles. The SMILES string of the molecule is CC(=O)Nc1cccc(NC(=S)NC(=O)c2ccccc2OCC(C)C)c1. The minimum atomic E-state index is -0.357. The van der Waals surface area contributed by atoms with Crippen molar-refractivity contribution in [3.63, 3.8) is 0 Å². The van der Waals surface area contributed by atoms with Crippen LogP contribution in [0.4, 0.5) is 11.4 Å². The number of thiocarbonyl (C=S) groups is 1. The molecule has 2 aromatic rings. The van der Waals surface area contributed by atoms with Crippen LogP contribution in [0.2, 0.25) is 0 Å². The Hall–Kier alpha value is -2.93. The first-order valence-corrected chi connectivity index (χ1v) is 8.98. The Morgan fingerprint density at radius 2 is 1.70 bits per heavy atom. The van der Waals surface area contributed by atoms with Crippen molar-refractivity contribution in [2.45, 2.75) is 20.8 Å². The summed E-state index contributed by atoms with van der Waals surface area (Å²) in [5, 5.41) is 8.42. The topological polar surface area (TPSA) is 79.5 Å². The normalized spacial score (nSPS) is 10.2. The van der Waals surface area contributed by atoms with E-state index in [1.807, 2.05) is 19.9 Å². The number of carbonyl (C=O) groups is 2. The van der Waals surface area contributed by atoms with E-state index in [4.69, 9.17) is 17.0 Å². The summed E-state index contributed by atoms with van der Waals surface area (Å²) >= 11 is 5.22. The fraction of sp³-hybridized carbons (Fsp3) is 0.250. The smallest absolute Gasteiger partial charge is 0.261 e. The van der Waals surface area contributed by atoms with Crippen LogP contribution < -0.4 is 20.7 Å². The van der Waals surface area contributed by atoms with E-state index in [0.717, 1.165) is 0 Å². The molecule has 0 aliphatic heterocycles. The molecule has 0 saturated heterocycles. The van der Waals surface area contributed by atoms with Crippen molar-refractivity contribution in [3.8, 4) is 5.75 Å². The molecule has 0 aliphatic rings. The van der Waals surface area contributed by atoms with Crippen LogP contribution in [0.5, 0.6) is 5.75 Å². The molecule has 6 nitrogen and oxygen atoms in total. The standard InChI is InChI=1S/C20H23N3O3S/c1-13(2)12-26-18-10-5-4-9-17(18)19(25)23-20(27)22-16-8-6-7-15(11-16)21-14(3)24/h4-11,13H,12H2,1-3H3,(H,21,24)(H2,22,23,25,27). The van der Waals surface area contributed by atoms with Crippen LogP contribution in [0.1, 0.15) is 31.1 Å². The lowest BCUT2D eigenvalue weighted by atomic mass is 10.2. The van der Waals surface area contributed by atoms with Gasteiger partial charge in [0.15, 0.2) is 5.11 Å². The Labute approximate surface area is 164 Å². The van der Waals surface area contributed by atoms with E-state index >= 15 is 0 Å². The lowest BCUT2D eigenvalue weighted by Gasteiger charge is -2.14. The number of ether oxygens (including phenoxy) is 1. The Morgan fingerprint density at radius 3 is 2.37 bits per heavy atom. The van der Waals surface area contributed by atoms with E-state index < -0.39 is 0 Å². The van der Waals surface area contributed by atoms with Gasteiger partial charge in [-0.2, -0.15) is 0 Å². The van der Waals surface area contributed by atoms with Crippen LogP contribution in [0.3, 0.4) is 0 Å². The molecule has 0 atom stereocenters. The highest BCUT2D eigenvalue weighted by Crippen LogP contribution is 2.19. The van der Waals surface area contributed by atoms with Crippen LogP contribution in [0, 0.1) is 5.92 Å². The Balaban J connectivity index is 2.02. The second-order valence-electron chi connectivity index (χ2n) is 6.37. The average molecular weight is 385 g/mol. The van der Waals surface area contributed by atoms with E-state index in [-0.39, 0.29) is 16.9 Å². The van der Waals surface area contributed by atoms with Crippen molar-refractivity contribution < 1.29 is 14.3 Å².